The molecule has 100 valence electrons. The Morgan fingerprint density at radius 1 is 1.30 bits per heavy atom. The molecule has 0 N–H and O–H groups in total. The zero-order valence-electron chi connectivity index (χ0n) is 11.0. The highest BCUT2D eigenvalue weighted by atomic mass is 32.2. The minimum absolute atomic E-state index is 0.496. The Kier molecular flexibility index (Phi) is 3.44. The molecule has 0 saturated carbocycles. The molecule has 0 radical (unpaired) electrons. The highest BCUT2D eigenvalue weighted by molar-refractivity contribution is 7.98. The molecule has 0 fully saturated rings. The van der Waals surface area contributed by atoms with Crippen molar-refractivity contribution in [1.29, 1.82) is 5.26 Å². The molecule has 0 atom stereocenters. The Morgan fingerprint density at radius 3 is 3.00 bits per heavy atom. The lowest BCUT2D eigenvalue weighted by atomic mass is 10.3. The van der Waals surface area contributed by atoms with E-state index in [9.17, 15) is 0 Å². The number of rotatable bonds is 4. The second-order valence-electron chi connectivity index (χ2n) is 4.30. The lowest BCUT2D eigenvalue weighted by Crippen LogP contribution is -2.02. The normalized spacial score (nSPS) is 10.8. The minimum atomic E-state index is 0.496. The van der Waals surface area contributed by atoms with Gasteiger partial charge >= 0.3 is 0 Å². The van der Waals surface area contributed by atoms with Gasteiger partial charge in [-0.25, -0.2) is 9.50 Å². The third-order valence-electron chi connectivity index (χ3n) is 3.12. The van der Waals surface area contributed by atoms with Crippen LogP contribution in [0.3, 0.4) is 0 Å². The number of aryl methyl sites for hydroxylation is 1. The Morgan fingerprint density at radius 2 is 2.20 bits per heavy atom. The Balaban J connectivity index is 2.10. The van der Waals surface area contributed by atoms with Crippen molar-refractivity contribution < 1.29 is 0 Å². The van der Waals surface area contributed by atoms with Crippen LogP contribution in [0.25, 0.3) is 16.9 Å². The van der Waals surface area contributed by atoms with Gasteiger partial charge in [0.05, 0.1) is 35.6 Å². The SMILES string of the molecule is CSc1ncc2ccc(-c3cccn3CCC#N)n2n1. The molecule has 0 amide bonds. The van der Waals surface area contributed by atoms with E-state index in [1.54, 1.807) is 0 Å². The monoisotopic (exact) mass is 283 g/mol. The first-order valence-corrected chi connectivity index (χ1v) is 7.47. The van der Waals surface area contributed by atoms with Gasteiger partial charge in [0, 0.05) is 12.7 Å². The molecule has 0 saturated heterocycles. The predicted octanol–water partition coefficient (Wildman–Crippen LogP) is 2.83. The predicted molar refractivity (Wildman–Crippen MR) is 78.4 cm³/mol. The lowest BCUT2D eigenvalue weighted by molar-refractivity contribution is 0.719. The zero-order valence-corrected chi connectivity index (χ0v) is 11.8. The smallest absolute Gasteiger partial charge is 0.207 e. The van der Waals surface area contributed by atoms with Crippen LogP contribution in [0, 0.1) is 11.3 Å². The van der Waals surface area contributed by atoms with Gasteiger partial charge in [-0.1, -0.05) is 11.8 Å². The minimum Gasteiger partial charge on any atom is -0.345 e. The van der Waals surface area contributed by atoms with Gasteiger partial charge in [0.2, 0.25) is 5.16 Å². The molecule has 0 aromatic carbocycles. The fourth-order valence-electron chi connectivity index (χ4n) is 2.19. The quantitative estimate of drug-likeness (QED) is 0.691. The first kappa shape index (κ1) is 12.8. The number of aromatic nitrogens is 4. The molecule has 20 heavy (non-hydrogen) atoms. The van der Waals surface area contributed by atoms with Gasteiger partial charge in [-0.2, -0.15) is 5.26 Å². The van der Waals surface area contributed by atoms with Crippen molar-refractivity contribution in [3.63, 3.8) is 0 Å². The van der Waals surface area contributed by atoms with Crippen LogP contribution in [0.5, 0.6) is 0 Å². The first-order chi connectivity index (χ1) is 9.83. The van der Waals surface area contributed by atoms with Gasteiger partial charge in [-0.15, -0.1) is 5.10 Å². The third-order valence-corrected chi connectivity index (χ3v) is 3.67. The molecule has 6 heteroatoms. The third kappa shape index (κ3) is 2.17. The van der Waals surface area contributed by atoms with E-state index in [2.05, 4.69) is 20.7 Å². The number of fused-ring (bicyclic) bond motifs is 1. The molecule has 0 unspecified atom stereocenters. The maximum Gasteiger partial charge on any atom is 0.207 e. The van der Waals surface area contributed by atoms with Crippen LogP contribution in [0.4, 0.5) is 0 Å². The van der Waals surface area contributed by atoms with Crippen molar-refractivity contribution in [3.05, 3.63) is 36.7 Å². The van der Waals surface area contributed by atoms with Crippen molar-refractivity contribution in [2.24, 2.45) is 0 Å². The summed E-state index contributed by atoms with van der Waals surface area (Å²) >= 11 is 1.52. The van der Waals surface area contributed by atoms with Crippen LogP contribution in [0.15, 0.2) is 41.8 Å². The maximum atomic E-state index is 8.73. The second-order valence-corrected chi connectivity index (χ2v) is 5.07. The average Bonchev–Trinajstić information content (AvgIpc) is 3.10. The summed E-state index contributed by atoms with van der Waals surface area (Å²) in [6.07, 6.45) is 6.27. The van der Waals surface area contributed by atoms with Crippen LogP contribution in [-0.4, -0.2) is 25.4 Å². The van der Waals surface area contributed by atoms with Gasteiger partial charge in [-0.3, -0.25) is 0 Å². The van der Waals surface area contributed by atoms with E-state index < -0.39 is 0 Å². The first-order valence-electron chi connectivity index (χ1n) is 6.24. The van der Waals surface area contributed by atoms with E-state index >= 15 is 0 Å². The average molecular weight is 283 g/mol. The van der Waals surface area contributed by atoms with Crippen molar-refractivity contribution in [1.82, 2.24) is 19.2 Å². The van der Waals surface area contributed by atoms with E-state index in [1.807, 2.05) is 47.4 Å². The van der Waals surface area contributed by atoms with Gasteiger partial charge in [0.1, 0.15) is 0 Å². The standard InChI is InChI=1S/C14H13N5S/c1-20-14-16-10-11-5-6-13(19(11)17-14)12-4-2-8-18(12)9-3-7-15/h2,4-6,8,10H,3,9H2,1H3. The van der Waals surface area contributed by atoms with Crippen molar-refractivity contribution >= 4 is 17.3 Å². The summed E-state index contributed by atoms with van der Waals surface area (Å²) in [4.78, 5) is 4.27. The number of hydrogen-bond donors (Lipinski definition) is 0. The number of hydrogen-bond acceptors (Lipinski definition) is 4. The van der Waals surface area contributed by atoms with Crippen molar-refractivity contribution in [2.75, 3.05) is 6.26 Å². The summed E-state index contributed by atoms with van der Waals surface area (Å²) in [6.45, 7) is 0.687. The molecule has 3 rings (SSSR count). The van der Waals surface area contributed by atoms with E-state index in [1.165, 1.54) is 11.8 Å². The Hall–Kier alpha value is -2.26. The van der Waals surface area contributed by atoms with E-state index in [-0.39, 0.29) is 0 Å². The zero-order chi connectivity index (χ0) is 13.9. The number of thioether (sulfide) groups is 1. The Bertz CT molecular complexity index is 780. The summed E-state index contributed by atoms with van der Waals surface area (Å²) in [5.41, 5.74) is 3.04. The van der Waals surface area contributed by atoms with Crippen LogP contribution >= 0.6 is 11.8 Å². The summed E-state index contributed by atoms with van der Waals surface area (Å²) in [5, 5.41) is 14.0. The van der Waals surface area contributed by atoms with Crippen LogP contribution < -0.4 is 0 Å². The molecule has 0 bridgehead atoms. The Labute approximate surface area is 120 Å². The van der Waals surface area contributed by atoms with Crippen molar-refractivity contribution in [2.45, 2.75) is 18.1 Å². The summed E-state index contributed by atoms with van der Waals surface area (Å²) < 4.78 is 3.98. The molecule has 0 spiro atoms. The van der Waals surface area contributed by atoms with Crippen LogP contribution in [0.2, 0.25) is 0 Å². The van der Waals surface area contributed by atoms with Crippen LogP contribution in [0.1, 0.15) is 6.42 Å². The molecule has 0 aliphatic heterocycles. The summed E-state index contributed by atoms with van der Waals surface area (Å²) in [5.74, 6) is 0. The largest absolute Gasteiger partial charge is 0.345 e. The van der Waals surface area contributed by atoms with Crippen molar-refractivity contribution in [3.8, 4) is 17.5 Å². The maximum absolute atomic E-state index is 8.73. The fourth-order valence-corrected chi connectivity index (χ4v) is 2.51. The molecule has 3 aromatic rings. The fraction of sp³-hybridized carbons (Fsp3) is 0.214. The molecule has 5 nitrogen and oxygen atoms in total. The molecule has 3 aromatic heterocycles. The summed E-state index contributed by atoms with van der Waals surface area (Å²) in [7, 11) is 0. The number of nitrogens with zero attached hydrogens (tertiary/aromatic N) is 5. The van der Waals surface area contributed by atoms with Gasteiger partial charge in [0.25, 0.3) is 0 Å². The molecular formula is C14H13N5S. The van der Waals surface area contributed by atoms with Gasteiger partial charge in [-0.05, 0) is 30.5 Å². The van der Waals surface area contributed by atoms with E-state index in [0.717, 1.165) is 22.1 Å². The van der Waals surface area contributed by atoms with Gasteiger partial charge < -0.3 is 4.57 Å². The molecule has 3 heterocycles. The molecular weight excluding hydrogens is 270 g/mol. The molecule has 0 aliphatic carbocycles. The second kappa shape index (κ2) is 5.39. The van der Waals surface area contributed by atoms with E-state index in [0.29, 0.717) is 13.0 Å². The lowest BCUT2D eigenvalue weighted by Gasteiger charge is -2.07. The van der Waals surface area contributed by atoms with Crippen LogP contribution in [-0.2, 0) is 6.54 Å². The van der Waals surface area contributed by atoms with E-state index in [4.69, 9.17) is 5.26 Å². The highest BCUT2D eigenvalue weighted by Gasteiger charge is 2.10. The highest BCUT2D eigenvalue weighted by Crippen LogP contribution is 2.23. The topological polar surface area (TPSA) is 58.9 Å². The summed E-state index contributed by atoms with van der Waals surface area (Å²) in [6, 6.07) is 10.2. The molecule has 0 aliphatic rings. The number of nitriles is 1. The van der Waals surface area contributed by atoms with Gasteiger partial charge in [0.15, 0.2) is 0 Å².